The first-order valence-corrected chi connectivity index (χ1v) is 8.09. The van der Waals surface area contributed by atoms with Gasteiger partial charge in [-0.3, -0.25) is 4.79 Å². The van der Waals surface area contributed by atoms with Gasteiger partial charge in [0.25, 0.3) is 5.56 Å². The van der Waals surface area contributed by atoms with Gasteiger partial charge in [-0.2, -0.15) is 0 Å². The number of aromatic nitrogens is 2. The van der Waals surface area contributed by atoms with Crippen LogP contribution in [0.2, 0.25) is 0 Å². The number of H-pyrrole nitrogens is 1. The van der Waals surface area contributed by atoms with E-state index in [-0.39, 0.29) is 18.0 Å². The number of rotatable bonds is 6. The number of unbranched alkanes of at least 4 members (excludes halogenated alkanes) is 2. The quantitative estimate of drug-likeness (QED) is 0.657. The molecule has 5 nitrogen and oxygen atoms in total. The van der Waals surface area contributed by atoms with E-state index < -0.39 is 5.97 Å². The Balaban J connectivity index is 2.40. The van der Waals surface area contributed by atoms with E-state index in [9.17, 15) is 9.59 Å². The maximum Gasteiger partial charge on any atom is 0.374 e. The Labute approximate surface area is 127 Å². The summed E-state index contributed by atoms with van der Waals surface area (Å²) in [7, 11) is 0. The van der Waals surface area contributed by atoms with Gasteiger partial charge in [-0.25, -0.2) is 9.78 Å². The third kappa shape index (κ3) is 3.32. The predicted molar refractivity (Wildman–Crippen MR) is 84.2 cm³/mol. The molecule has 2 aromatic heterocycles. The number of carbonyl (C=O) groups is 1. The minimum absolute atomic E-state index is 0.0179. The average Bonchev–Trinajstić information content (AvgIpc) is 2.76. The molecule has 2 rings (SSSR count). The number of aryl methyl sites for hydroxylation is 2. The lowest BCUT2D eigenvalue weighted by Crippen LogP contribution is -2.17. The molecular weight excluding hydrogens is 288 g/mol. The molecule has 0 saturated carbocycles. The number of hydrogen-bond acceptors (Lipinski definition) is 5. The van der Waals surface area contributed by atoms with Gasteiger partial charge in [0.1, 0.15) is 4.83 Å². The normalized spacial score (nSPS) is 11.0. The van der Waals surface area contributed by atoms with Gasteiger partial charge in [0.15, 0.2) is 0 Å². The Morgan fingerprint density at radius 3 is 2.76 bits per heavy atom. The van der Waals surface area contributed by atoms with Crippen LogP contribution in [0.5, 0.6) is 0 Å². The van der Waals surface area contributed by atoms with E-state index in [4.69, 9.17) is 4.74 Å². The molecule has 0 aromatic carbocycles. The van der Waals surface area contributed by atoms with Crippen LogP contribution in [0.4, 0.5) is 0 Å². The summed E-state index contributed by atoms with van der Waals surface area (Å²) in [6.07, 6.45) is 4.39. The van der Waals surface area contributed by atoms with E-state index in [1.54, 1.807) is 6.92 Å². The van der Waals surface area contributed by atoms with Crippen molar-refractivity contribution in [2.75, 3.05) is 6.61 Å². The van der Waals surface area contributed by atoms with Crippen LogP contribution in [0.3, 0.4) is 0 Å². The van der Waals surface area contributed by atoms with Gasteiger partial charge in [-0.05, 0) is 32.3 Å². The minimum atomic E-state index is -0.588. The fraction of sp³-hybridized carbons (Fsp3) is 0.533. The molecular formula is C15H20N2O3S. The lowest BCUT2D eigenvalue weighted by molar-refractivity contribution is 0.0512. The average molecular weight is 308 g/mol. The van der Waals surface area contributed by atoms with Crippen molar-refractivity contribution in [1.82, 2.24) is 9.97 Å². The van der Waals surface area contributed by atoms with Crippen LogP contribution in [-0.4, -0.2) is 22.5 Å². The first-order chi connectivity index (χ1) is 10.1. The minimum Gasteiger partial charge on any atom is -0.460 e. The molecule has 0 spiro atoms. The van der Waals surface area contributed by atoms with Crippen molar-refractivity contribution in [3.05, 3.63) is 26.6 Å². The molecule has 2 aromatic rings. The maximum absolute atomic E-state index is 12.2. The molecule has 0 bridgehead atoms. The second-order valence-electron chi connectivity index (χ2n) is 4.92. The van der Waals surface area contributed by atoms with Crippen LogP contribution in [0.1, 0.15) is 54.2 Å². The highest BCUT2D eigenvalue weighted by Gasteiger charge is 2.17. The number of hydrogen-bond donors (Lipinski definition) is 1. The molecule has 0 radical (unpaired) electrons. The topological polar surface area (TPSA) is 72.0 Å². The summed E-state index contributed by atoms with van der Waals surface area (Å²) in [6.45, 7) is 6.08. The molecule has 0 atom stereocenters. The number of ether oxygens (including phenoxy) is 1. The summed E-state index contributed by atoms with van der Waals surface area (Å²) in [6, 6.07) is 0. The third-order valence-corrected chi connectivity index (χ3v) is 4.62. The van der Waals surface area contributed by atoms with Crippen LogP contribution < -0.4 is 5.56 Å². The second kappa shape index (κ2) is 6.85. The van der Waals surface area contributed by atoms with Gasteiger partial charge >= 0.3 is 5.97 Å². The Morgan fingerprint density at radius 2 is 2.10 bits per heavy atom. The van der Waals surface area contributed by atoms with E-state index in [1.165, 1.54) is 22.6 Å². The molecule has 114 valence electrons. The zero-order valence-corrected chi connectivity index (χ0v) is 13.4. The van der Waals surface area contributed by atoms with Crippen molar-refractivity contribution < 1.29 is 9.53 Å². The molecule has 0 aliphatic carbocycles. The zero-order chi connectivity index (χ0) is 15.4. The van der Waals surface area contributed by atoms with Crippen LogP contribution in [-0.2, 0) is 11.2 Å². The molecule has 0 saturated heterocycles. The number of aromatic amines is 1. The van der Waals surface area contributed by atoms with E-state index in [1.807, 2.05) is 6.92 Å². The third-order valence-electron chi connectivity index (χ3n) is 3.38. The highest BCUT2D eigenvalue weighted by Crippen LogP contribution is 2.28. The molecule has 0 aliphatic rings. The first kappa shape index (κ1) is 15.7. The Hall–Kier alpha value is -1.69. The summed E-state index contributed by atoms with van der Waals surface area (Å²) in [4.78, 5) is 32.4. The predicted octanol–water partition coefficient (Wildman–Crippen LogP) is 3.20. The summed E-state index contributed by atoms with van der Waals surface area (Å²) in [5, 5.41) is 0.597. The largest absolute Gasteiger partial charge is 0.460 e. The van der Waals surface area contributed by atoms with Crippen LogP contribution >= 0.6 is 11.3 Å². The highest BCUT2D eigenvalue weighted by atomic mass is 32.1. The molecule has 0 fully saturated rings. The molecule has 21 heavy (non-hydrogen) atoms. The van der Waals surface area contributed by atoms with Gasteiger partial charge < -0.3 is 9.72 Å². The summed E-state index contributed by atoms with van der Waals surface area (Å²) < 4.78 is 4.88. The number of nitrogens with zero attached hydrogens (tertiary/aromatic N) is 1. The van der Waals surface area contributed by atoms with Crippen molar-refractivity contribution in [1.29, 1.82) is 0 Å². The van der Waals surface area contributed by atoms with Crippen molar-refractivity contribution in [3.63, 3.8) is 0 Å². The van der Waals surface area contributed by atoms with Crippen molar-refractivity contribution in [2.24, 2.45) is 0 Å². The van der Waals surface area contributed by atoms with E-state index in [0.29, 0.717) is 10.2 Å². The Bertz CT molecular complexity index is 703. The standard InChI is InChI=1S/C15H20N2O3S/c1-4-6-7-8-10-9(3)11-13(18)16-12(15(19)20-5-2)17-14(11)21-10/h4-8H2,1-3H3,(H,16,17,18). The van der Waals surface area contributed by atoms with Crippen LogP contribution in [0.15, 0.2) is 4.79 Å². The van der Waals surface area contributed by atoms with Crippen molar-refractivity contribution in [2.45, 2.75) is 46.5 Å². The second-order valence-corrected chi connectivity index (χ2v) is 6.01. The van der Waals surface area contributed by atoms with E-state index in [2.05, 4.69) is 16.9 Å². The van der Waals surface area contributed by atoms with E-state index in [0.717, 1.165) is 24.8 Å². The first-order valence-electron chi connectivity index (χ1n) is 7.27. The van der Waals surface area contributed by atoms with Crippen molar-refractivity contribution >= 4 is 27.5 Å². The molecule has 6 heteroatoms. The molecule has 0 amide bonds. The van der Waals surface area contributed by atoms with E-state index >= 15 is 0 Å². The Morgan fingerprint density at radius 1 is 1.33 bits per heavy atom. The molecule has 0 aliphatic heterocycles. The lowest BCUT2D eigenvalue weighted by atomic mass is 10.1. The zero-order valence-electron chi connectivity index (χ0n) is 12.6. The fourth-order valence-electron chi connectivity index (χ4n) is 2.26. The summed E-state index contributed by atoms with van der Waals surface area (Å²) in [5.74, 6) is -0.606. The van der Waals surface area contributed by atoms with Gasteiger partial charge in [0.2, 0.25) is 5.82 Å². The number of thiophene rings is 1. The van der Waals surface area contributed by atoms with Crippen LogP contribution in [0, 0.1) is 6.92 Å². The number of esters is 1. The summed E-state index contributed by atoms with van der Waals surface area (Å²) >= 11 is 1.50. The lowest BCUT2D eigenvalue weighted by Gasteiger charge is -2.00. The number of carbonyl (C=O) groups excluding carboxylic acids is 1. The molecule has 1 N–H and O–H groups in total. The SMILES string of the molecule is CCCCCc1sc2nc(C(=O)OCC)[nH]c(=O)c2c1C. The van der Waals surface area contributed by atoms with Gasteiger partial charge in [-0.1, -0.05) is 19.8 Å². The Kier molecular flexibility index (Phi) is 5.12. The van der Waals surface area contributed by atoms with Crippen molar-refractivity contribution in [3.8, 4) is 0 Å². The molecule has 2 heterocycles. The monoisotopic (exact) mass is 308 g/mol. The maximum atomic E-state index is 12.2. The fourth-order valence-corrected chi connectivity index (χ4v) is 3.48. The van der Waals surface area contributed by atoms with Gasteiger partial charge in [0, 0.05) is 4.88 Å². The van der Waals surface area contributed by atoms with Crippen LogP contribution in [0.25, 0.3) is 10.2 Å². The van der Waals surface area contributed by atoms with Gasteiger partial charge in [0.05, 0.1) is 12.0 Å². The smallest absolute Gasteiger partial charge is 0.374 e. The highest BCUT2D eigenvalue weighted by molar-refractivity contribution is 7.18. The number of fused-ring (bicyclic) bond motifs is 1. The van der Waals surface area contributed by atoms with Gasteiger partial charge in [-0.15, -0.1) is 11.3 Å². The molecule has 0 unspecified atom stereocenters. The summed E-state index contributed by atoms with van der Waals surface area (Å²) in [5.41, 5.74) is 0.716. The number of nitrogens with one attached hydrogen (secondary N) is 1.